The predicted octanol–water partition coefficient (Wildman–Crippen LogP) is 3.43. The molecule has 2 heterocycles. The number of carbonyl (C=O) groups is 2. The van der Waals surface area contributed by atoms with Crippen molar-refractivity contribution in [3.63, 3.8) is 0 Å². The molecule has 0 unspecified atom stereocenters. The molecular weight excluding hydrogens is 270 g/mol. The van der Waals surface area contributed by atoms with Crippen molar-refractivity contribution in [1.29, 1.82) is 0 Å². The van der Waals surface area contributed by atoms with E-state index < -0.39 is 0 Å². The zero-order valence-corrected chi connectivity index (χ0v) is 11.7. The summed E-state index contributed by atoms with van der Waals surface area (Å²) in [4.78, 5) is 25.9. The lowest BCUT2D eigenvalue weighted by molar-refractivity contribution is -0.116. The van der Waals surface area contributed by atoms with E-state index in [2.05, 4.69) is 23.5 Å². The molecule has 2 aromatic rings. The van der Waals surface area contributed by atoms with Gasteiger partial charge in [-0.15, -0.1) is 11.3 Å². The topological polar surface area (TPSA) is 46.2 Å². The number of amides is 1. The van der Waals surface area contributed by atoms with E-state index in [0.29, 0.717) is 12.8 Å². The van der Waals surface area contributed by atoms with Crippen molar-refractivity contribution in [2.45, 2.75) is 25.7 Å². The molecule has 100 valence electrons. The zero-order valence-electron chi connectivity index (χ0n) is 10.9. The van der Waals surface area contributed by atoms with Gasteiger partial charge >= 0.3 is 0 Å². The van der Waals surface area contributed by atoms with Crippen LogP contribution in [0, 0.1) is 0 Å². The third kappa shape index (κ3) is 1.64. The van der Waals surface area contributed by atoms with Crippen molar-refractivity contribution in [2.24, 2.45) is 0 Å². The van der Waals surface area contributed by atoms with E-state index in [1.807, 2.05) is 6.07 Å². The number of benzene rings is 1. The van der Waals surface area contributed by atoms with Crippen molar-refractivity contribution >= 4 is 28.7 Å². The maximum atomic E-state index is 12.2. The highest BCUT2D eigenvalue weighted by molar-refractivity contribution is 7.18. The smallest absolute Gasteiger partial charge is 0.224 e. The van der Waals surface area contributed by atoms with Gasteiger partial charge in [-0.2, -0.15) is 0 Å². The van der Waals surface area contributed by atoms with Gasteiger partial charge in [0, 0.05) is 17.7 Å². The molecule has 1 aromatic carbocycles. The number of nitrogens with one attached hydrogen (secondary N) is 1. The van der Waals surface area contributed by atoms with Crippen LogP contribution in [-0.2, 0) is 17.6 Å². The number of anilines is 1. The zero-order chi connectivity index (χ0) is 13.7. The maximum Gasteiger partial charge on any atom is 0.224 e. The minimum atomic E-state index is -0.0449. The van der Waals surface area contributed by atoms with Gasteiger partial charge in [0.05, 0.1) is 10.6 Å². The van der Waals surface area contributed by atoms with Crippen LogP contribution >= 0.6 is 11.3 Å². The Morgan fingerprint density at radius 2 is 1.80 bits per heavy atom. The van der Waals surface area contributed by atoms with E-state index in [4.69, 9.17) is 0 Å². The SMILES string of the molecule is O=C1CCC(=O)c2sc3c(c2N1)CCc1ccccc1-3. The normalized spacial score (nSPS) is 16.8. The highest BCUT2D eigenvalue weighted by Crippen LogP contribution is 2.46. The van der Waals surface area contributed by atoms with Gasteiger partial charge in [-0.05, 0) is 29.5 Å². The lowest BCUT2D eigenvalue weighted by atomic mass is 9.90. The molecule has 0 atom stereocenters. The molecule has 0 radical (unpaired) electrons. The molecule has 1 aliphatic carbocycles. The van der Waals surface area contributed by atoms with E-state index in [9.17, 15) is 9.59 Å². The molecule has 1 amide bonds. The Bertz CT molecular complexity index is 745. The number of hydrogen-bond acceptors (Lipinski definition) is 3. The Kier molecular flexibility index (Phi) is 2.54. The third-order valence-electron chi connectivity index (χ3n) is 4.01. The van der Waals surface area contributed by atoms with Gasteiger partial charge in [0.2, 0.25) is 5.91 Å². The molecule has 1 N–H and O–H groups in total. The molecule has 0 spiro atoms. The quantitative estimate of drug-likeness (QED) is 0.805. The van der Waals surface area contributed by atoms with Gasteiger partial charge in [-0.1, -0.05) is 24.3 Å². The van der Waals surface area contributed by atoms with E-state index in [-0.39, 0.29) is 11.7 Å². The molecular formula is C16H13NO2S. The monoisotopic (exact) mass is 283 g/mol. The number of ketones is 1. The average Bonchev–Trinajstić information content (AvgIpc) is 2.77. The van der Waals surface area contributed by atoms with E-state index >= 15 is 0 Å². The highest BCUT2D eigenvalue weighted by Gasteiger charge is 2.30. The summed E-state index contributed by atoms with van der Waals surface area (Å²) in [6.45, 7) is 0. The number of Topliss-reactive ketones (excluding diaryl/α,β-unsaturated/α-hetero) is 1. The Labute approximate surface area is 120 Å². The minimum Gasteiger partial charge on any atom is -0.324 e. The first-order valence-corrected chi connectivity index (χ1v) is 7.62. The van der Waals surface area contributed by atoms with Gasteiger partial charge in [-0.3, -0.25) is 9.59 Å². The van der Waals surface area contributed by atoms with Gasteiger partial charge < -0.3 is 5.32 Å². The maximum absolute atomic E-state index is 12.2. The van der Waals surface area contributed by atoms with Crippen LogP contribution < -0.4 is 5.32 Å². The van der Waals surface area contributed by atoms with Crippen LogP contribution in [0.5, 0.6) is 0 Å². The van der Waals surface area contributed by atoms with Crippen LogP contribution in [0.15, 0.2) is 24.3 Å². The fourth-order valence-corrected chi connectivity index (χ4v) is 4.34. The summed E-state index contributed by atoms with van der Waals surface area (Å²) in [5.74, 6) is 0.0480. The molecule has 4 heteroatoms. The van der Waals surface area contributed by atoms with E-state index in [1.54, 1.807) is 0 Å². The first-order chi connectivity index (χ1) is 9.74. The van der Waals surface area contributed by atoms with Gasteiger partial charge in [0.1, 0.15) is 0 Å². The second-order valence-corrected chi connectivity index (χ2v) is 6.26. The molecule has 4 rings (SSSR count). The standard InChI is InChI=1S/C16H13NO2S/c18-12-7-8-13(19)17-14-11-6-5-9-3-1-2-4-10(9)15(11)20-16(12)14/h1-4H,5-8H2,(H,17,19). The van der Waals surface area contributed by atoms with E-state index in [0.717, 1.165) is 33.8 Å². The van der Waals surface area contributed by atoms with Gasteiger partial charge in [0.25, 0.3) is 0 Å². The molecule has 0 saturated heterocycles. The van der Waals surface area contributed by atoms with E-state index in [1.165, 1.54) is 22.5 Å². The first kappa shape index (κ1) is 11.9. The lowest BCUT2D eigenvalue weighted by Gasteiger charge is -2.17. The Morgan fingerprint density at radius 3 is 2.70 bits per heavy atom. The fraction of sp³-hybridized carbons (Fsp3) is 0.250. The largest absolute Gasteiger partial charge is 0.324 e. The highest BCUT2D eigenvalue weighted by atomic mass is 32.1. The van der Waals surface area contributed by atoms with Crippen LogP contribution in [0.2, 0.25) is 0 Å². The molecule has 0 fully saturated rings. The van der Waals surface area contributed by atoms with Crippen molar-refractivity contribution in [2.75, 3.05) is 5.32 Å². The van der Waals surface area contributed by atoms with Crippen molar-refractivity contribution < 1.29 is 9.59 Å². The number of aryl methyl sites for hydroxylation is 1. The second-order valence-electron chi connectivity index (χ2n) is 5.24. The van der Waals surface area contributed by atoms with Crippen LogP contribution in [-0.4, -0.2) is 11.7 Å². The van der Waals surface area contributed by atoms with Crippen LogP contribution in [0.25, 0.3) is 10.4 Å². The molecule has 1 aliphatic heterocycles. The number of carbonyl (C=O) groups excluding carboxylic acids is 2. The van der Waals surface area contributed by atoms with Crippen molar-refractivity contribution in [3.8, 4) is 10.4 Å². The first-order valence-electron chi connectivity index (χ1n) is 6.81. The number of fused-ring (bicyclic) bond motifs is 5. The molecule has 0 bridgehead atoms. The Balaban J connectivity index is 1.95. The summed E-state index contributed by atoms with van der Waals surface area (Å²) >= 11 is 1.54. The van der Waals surface area contributed by atoms with Gasteiger partial charge in [-0.25, -0.2) is 0 Å². The molecule has 1 aromatic heterocycles. The van der Waals surface area contributed by atoms with Crippen LogP contribution in [0.1, 0.15) is 33.6 Å². The van der Waals surface area contributed by atoms with Crippen molar-refractivity contribution in [1.82, 2.24) is 0 Å². The molecule has 20 heavy (non-hydrogen) atoms. The minimum absolute atomic E-state index is 0.0449. The lowest BCUT2D eigenvalue weighted by Crippen LogP contribution is -2.11. The Hall–Kier alpha value is -1.94. The third-order valence-corrected chi connectivity index (χ3v) is 5.32. The summed E-state index contributed by atoms with van der Waals surface area (Å²) in [5.41, 5.74) is 4.48. The summed E-state index contributed by atoms with van der Waals surface area (Å²) < 4.78 is 0. The second kappa shape index (κ2) is 4.28. The number of rotatable bonds is 0. The molecule has 0 saturated carbocycles. The van der Waals surface area contributed by atoms with Crippen molar-refractivity contribution in [3.05, 3.63) is 40.3 Å². The van der Waals surface area contributed by atoms with Gasteiger partial charge in [0.15, 0.2) is 5.78 Å². The summed E-state index contributed by atoms with van der Waals surface area (Å²) in [6, 6.07) is 8.33. The predicted molar refractivity (Wildman–Crippen MR) is 79.4 cm³/mol. The average molecular weight is 283 g/mol. The van der Waals surface area contributed by atoms with Crippen LogP contribution in [0.3, 0.4) is 0 Å². The summed E-state index contributed by atoms with van der Waals surface area (Å²) in [6.07, 6.45) is 2.48. The number of hydrogen-bond donors (Lipinski definition) is 1. The number of thiophene rings is 1. The summed E-state index contributed by atoms with van der Waals surface area (Å²) in [7, 11) is 0. The Morgan fingerprint density at radius 1 is 0.950 bits per heavy atom. The van der Waals surface area contributed by atoms with Crippen LogP contribution in [0.4, 0.5) is 5.69 Å². The summed E-state index contributed by atoms with van der Waals surface area (Å²) in [5, 5.41) is 2.94. The molecule has 3 nitrogen and oxygen atoms in total. The fourth-order valence-electron chi connectivity index (χ4n) is 3.01. The molecule has 2 aliphatic rings.